The minimum atomic E-state index is -4.70. The number of alkyl halides is 3. The second-order valence-electron chi connectivity index (χ2n) is 6.50. The van der Waals surface area contributed by atoms with Crippen molar-refractivity contribution in [3.8, 4) is 0 Å². The molecule has 2 aromatic carbocycles. The number of imide groups is 1. The van der Waals surface area contributed by atoms with Crippen LogP contribution in [-0.2, 0) is 15.8 Å². The first kappa shape index (κ1) is 22.6. The van der Waals surface area contributed by atoms with Crippen molar-refractivity contribution in [2.75, 3.05) is 17.2 Å². The van der Waals surface area contributed by atoms with E-state index in [-0.39, 0.29) is 32.5 Å². The van der Waals surface area contributed by atoms with Crippen molar-refractivity contribution in [1.29, 1.82) is 0 Å². The Kier molecular flexibility index (Phi) is 5.97. The molecule has 1 aliphatic heterocycles. The number of benzene rings is 2. The molecular formula is C19H12Cl2F3N3O4. The molecule has 0 atom stereocenters. The Bertz CT molecular complexity index is 1090. The summed E-state index contributed by atoms with van der Waals surface area (Å²) in [7, 11) is 0. The van der Waals surface area contributed by atoms with Crippen LogP contribution in [0.3, 0.4) is 0 Å². The van der Waals surface area contributed by atoms with E-state index < -0.39 is 41.9 Å². The van der Waals surface area contributed by atoms with Crippen molar-refractivity contribution >= 4 is 58.2 Å². The molecule has 2 N–H and O–H groups in total. The number of carbonyl (C=O) groups excluding carboxylic acids is 4. The Morgan fingerprint density at radius 2 is 1.48 bits per heavy atom. The zero-order valence-electron chi connectivity index (χ0n) is 15.6. The standard InChI is InChI=1S/C19H12Cl2F3N3O4/c1-8(28)25-14-3-2-9(19(22,23)24)4-15(14)26-16(29)7-27-17(30)10-5-12(20)13(21)6-11(10)18(27)31/h2-6H,7H2,1H3,(H,25,28)(H,26,29). The first-order valence-corrected chi connectivity index (χ1v) is 9.28. The zero-order chi connectivity index (χ0) is 23.1. The number of fused-ring (bicyclic) bond motifs is 1. The predicted octanol–water partition coefficient (Wildman–Crippen LogP) is 4.21. The summed E-state index contributed by atoms with van der Waals surface area (Å²) in [6, 6.07) is 4.73. The molecule has 0 fully saturated rings. The molecule has 1 heterocycles. The fourth-order valence-electron chi connectivity index (χ4n) is 2.88. The second-order valence-corrected chi connectivity index (χ2v) is 7.31. The molecule has 0 unspecified atom stereocenters. The van der Waals surface area contributed by atoms with Crippen molar-refractivity contribution in [3.05, 3.63) is 57.1 Å². The smallest absolute Gasteiger partial charge is 0.325 e. The van der Waals surface area contributed by atoms with Gasteiger partial charge in [-0.15, -0.1) is 0 Å². The number of rotatable bonds is 4. The van der Waals surface area contributed by atoms with Crippen LogP contribution in [0.15, 0.2) is 30.3 Å². The van der Waals surface area contributed by atoms with Crippen molar-refractivity contribution in [3.63, 3.8) is 0 Å². The molecule has 3 rings (SSSR count). The molecule has 0 spiro atoms. The second kappa shape index (κ2) is 8.20. The van der Waals surface area contributed by atoms with E-state index in [1.807, 2.05) is 0 Å². The average molecular weight is 474 g/mol. The summed E-state index contributed by atoms with van der Waals surface area (Å²) in [4.78, 5) is 49.3. The SMILES string of the molecule is CC(=O)Nc1ccc(C(F)(F)F)cc1NC(=O)CN1C(=O)c2cc(Cl)c(Cl)cc2C1=O. The van der Waals surface area contributed by atoms with Gasteiger partial charge in [-0.2, -0.15) is 13.2 Å². The van der Waals surface area contributed by atoms with Crippen molar-refractivity contribution in [2.45, 2.75) is 13.1 Å². The summed E-state index contributed by atoms with van der Waals surface area (Å²) < 4.78 is 39.1. The van der Waals surface area contributed by atoms with Crippen LogP contribution in [0.5, 0.6) is 0 Å². The average Bonchev–Trinajstić information content (AvgIpc) is 2.87. The molecule has 162 valence electrons. The van der Waals surface area contributed by atoms with Crippen LogP contribution >= 0.6 is 23.2 Å². The van der Waals surface area contributed by atoms with Crippen LogP contribution in [0.4, 0.5) is 24.5 Å². The molecule has 1 aliphatic rings. The maximum absolute atomic E-state index is 13.0. The molecule has 31 heavy (non-hydrogen) atoms. The van der Waals surface area contributed by atoms with Gasteiger partial charge in [-0.1, -0.05) is 23.2 Å². The molecule has 2 aromatic rings. The highest BCUT2D eigenvalue weighted by Gasteiger charge is 2.38. The fraction of sp³-hybridized carbons (Fsp3) is 0.158. The minimum Gasteiger partial charge on any atom is -0.325 e. The van der Waals surface area contributed by atoms with Gasteiger partial charge in [-0.05, 0) is 30.3 Å². The third kappa shape index (κ3) is 4.64. The minimum absolute atomic E-state index is 0.0387. The van der Waals surface area contributed by atoms with Crippen LogP contribution in [0.25, 0.3) is 0 Å². The van der Waals surface area contributed by atoms with E-state index in [1.165, 1.54) is 12.1 Å². The van der Waals surface area contributed by atoms with Gasteiger partial charge < -0.3 is 10.6 Å². The quantitative estimate of drug-likeness (QED) is 0.650. The molecule has 0 bridgehead atoms. The monoisotopic (exact) mass is 473 g/mol. The largest absolute Gasteiger partial charge is 0.416 e. The lowest BCUT2D eigenvalue weighted by Crippen LogP contribution is -2.37. The number of hydrogen-bond acceptors (Lipinski definition) is 4. The van der Waals surface area contributed by atoms with Crippen LogP contribution in [-0.4, -0.2) is 35.1 Å². The Morgan fingerprint density at radius 3 is 1.97 bits per heavy atom. The van der Waals surface area contributed by atoms with E-state index in [1.54, 1.807) is 0 Å². The summed E-state index contributed by atoms with van der Waals surface area (Å²) in [6.45, 7) is 0.357. The van der Waals surface area contributed by atoms with Crippen molar-refractivity contribution in [1.82, 2.24) is 4.90 Å². The van der Waals surface area contributed by atoms with Gasteiger partial charge in [0.2, 0.25) is 11.8 Å². The van der Waals surface area contributed by atoms with Crippen LogP contribution in [0, 0.1) is 0 Å². The first-order chi connectivity index (χ1) is 14.4. The highest BCUT2D eigenvalue weighted by atomic mass is 35.5. The van der Waals surface area contributed by atoms with E-state index in [0.29, 0.717) is 11.0 Å². The van der Waals surface area contributed by atoms with Gasteiger partial charge in [-0.3, -0.25) is 24.1 Å². The molecule has 0 radical (unpaired) electrons. The van der Waals surface area contributed by atoms with Gasteiger partial charge in [0.05, 0.1) is 38.1 Å². The molecule has 0 aliphatic carbocycles. The number of hydrogen-bond donors (Lipinski definition) is 2. The van der Waals surface area contributed by atoms with E-state index in [2.05, 4.69) is 10.6 Å². The molecule has 7 nitrogen and oxygen atoms in total. The molecule has 0 saturated carbocycles. The Morgan fingerprint density at radius 1 is 0.935 bits per heavy atom. The number of carbonyl (C=O) groups is 4. The van der Waals surface area contributed by atoms with Gasteiger partial charge in [0.1, 0.15) is 6.54 Å². The molecule has 12 heteroatoms. The van der Waals surface area contributed by atoms with Crippen molar-refractivity contribution < 1.29 is 32.3 Å². The van der Waals surface area contributed by atoms with Crippen LogP contribution < -0.4 is 10.6 Å². The summed E-state index contributed by atoms with van der Waals surface area (Å²) in [5.41, 5.74) is -1.61. The number of amides is 4. The molecule has 0 aromatic heterocycles. The molecule has 4 amide bonds. The Hall–Kier alpha value is -3.11. The van der Waals surface area contributed by atoms with E-state index in [0.717, 1.165) is 19.1 Å². The Balaban J connectivity index is 1.84. The highest BCUT2D eigenvalue weighted by molar-refractivity contribution is 6.43. The first-order valence-electron chi connectivity index (χ1n) is 8.52. The number of nitrogens with zero attached hydrogens (tertiary/aromatic N) is 1. The Labute approximate surface area is 183 Å². The van der Waals surface area contributed by atoms with Crippen LogP contribution in [0.1, 0.15) is 33.2 Å². The lowest BCUT2D eigenvalue weighted by atomic mass is 10.1. The highest BCUT2D eigenvalue weighted by Crippen LogP contribution is 2.35. The molecular weight excluding hydrogens is 462 g/mol. The van der Waals surface area contributed by atoms with Gasteiger partial charge in [0, 0.05) is 6.92 Å². The van der Waals surface area contributed by atoms with Crippen molar-refractivity contribution in [2.24, 2.45) is 0 Å². The maximum atomic E-state index is 13.0. The summed E-state index contributed by atoms with van der Waals surface area (Å²) in [6.07, 6.45) is -4.70. The predicted molar refractivity (Wildman–Crippen MR) is 106 cm³/mol. The topological polar surface area (TPSA) is 95.6 Å². The number of halogens is 5. The van der Waals surface area contributed by atoms with Gasteiger partial charge in [0.25, 0.3) is 11.8 Å². The van der Waals surface area contributed by atoms with Gasteiger partial charge >= 0.3 is 6.18 Å². The van der Waals surface area contributed by atoms with E-state index in [4.69, 9.17) is 23.2 Å². The third-order valence-electron chi connectivity index (χ3n) is 4.24. The number of nitrogens with one attached hydrogen (secondary N) is 2. The lowest BCUT2D eigenvalue weighted by Gasteiger charge is -2.17. The third-order valence-corrected chi connectivity index (χ3v) is 4.97. The number of anilines is 2. The maximum Gasteiger partial charge on any atom is 0.416 e. The molecule has 0 saturated heterocycles. The van der Waals surface area contributed by atoms with Gasteiger partial charge in [0.15, 0.2) is 0 Å². The fourth-order valence-corrected chi connectivity index (χ4v) is 3.21. The summed E-state index contributed by atoms with van der Waals surface area (Å²) in [5, 5.41) is 4.57. The summed E-state index contributed by atoms with van der Waals surface area (Å²) in [5.74, 6) is -3.15. The normalized spacial score (nSPS) is 13.3. The van der Waals surface area contributed by atoms with Gasteiger partial charge in [-0.25, -0.2) is 0 Å². The van der Waals surface area contributed by atoms with E-state index >= 15 is 0 Å². The zero-order valence-corrected chi connectivity index (χ0v) is 17.1. The lowest BCUT2D eigenvalue weighted by molar-refractivity contribution is -0.137. The van der Waals surface area contributed by atoms with E-state index in [9.17, 15) is 32.3 Å². The summed E-state index contributed by atoms with van der Waals surface area (Å²) >= 11 is 11.7. The van der Waals surface area contributed by atoms with Crippen LogP contribution in [0.2, 0.25) is 10.0 Å².